The predicted molar refractivity (Wildman–Crippen MR) is 133 cm³/mol. The Morgan fingerprint density at radius 2 is 1.71 bits per heavy atom. The molecular formula is C26H42ClN3O. The number of unbranched alkanes of at least 4 members (excludes halogenated alkanes) is 1. The fourth-order valence-electron chi connectivity index (χ4n) is 6.01. The van der Waals surface area contributed by atoms with Gasteiger partial charge in [-0.15, -0.1) is 12.4 Å². The Bertz CT molecular complexity index is 732. The second-order valence-corrected chi connectivity index (χ2v) is 11.0. The van der Waals surface area contributed by atoms with Gasteiger partial charge in [-0.2, -0.15) is 5.26 Å². The van der Waals surface area contributed by atoms with Crippen molar-refractivity contribution in [3.8, 4) is 11.8 Å². The molecule has 3 rings (SSSR count). The van der Waals surface area contributed by atoms with Gasteiger partial charge < -0.3 is 9.64 Å². The van der Waals surface area contributed by atoms with Crippen molar-refractivity contribution >= 4 is 18.1 Å². The van der Waals surface area contributed by atoms with Crippen molar-refractivity contribution in [1.82, 2.24) is 4.90 Å². The largest absolute Gasteiger partial charge is 0.479 e. The molecule has 0 unspecified atom stereocenters. The molecular weight excluding hydrogens is 406 g/mol. The normalized spacial score (nSPS) is 21.2. The van der Waals surface area contributed by atoms with E-state index in [1.165, 1.54) is 49.9 Å². The number of hydrogen-bond donors (Lipinski definition) is 0. The average molecular weight is 448 g/mol. The van der Waals surface area contributed by atoms with Crippen LogP contribution in [0.4, 0.5) is 5.69 Å². The van der Waals surface area contributed by atoms with E-state index in [1.807, 2.05) is 0 Å². The highest BCUT2D eigenvalue weighted by molar-refractivity contribution is 5.85. The van der Waals surface area contributed by atoms with Gasteiger partial charge in [-0.3, -0.25) is 4.90 Å². The molecule has 0 amide bonds. The number of ether oxygens (including phenoxy) is 1. The molecule has 0 N–H and O–H groups in total. The van der Waals surface area contributed by atoms with Gasteiger partial charge in [0.25, 0.3) is 0 Å². The second-order valence-electron chi connectivity index (χ2n) is 11.0. The molecule has 1 aliphatic heterocycles. The van der Waals surface area contributed by atoms with E-state index >= 15 is 0 Å². The van der Waals surface area contributed by atoms with Gasteiger partial charge in [-0.25, -0.2) is 0 Å². The highest BCUT2D eigenvalue weighted by atomic mass is 35.5. The zero-order valence-electron chi connectivity index (χ0n) is 20.2. The van der Waals surface area contributed by atoms with E-state index in [-0.39, 0.29) is 19.0 Å². The molecule has 1 heterocycles. The standard InChI is InChI=1S/C26H41N3O.ClH/c1-6-7-11-28-12-14-29(15-13-28)24-17-22(30-16-10-27)8-9-23(24)21-18-25(2,3)20-26(4,5)19-21;/h8-9,17,21H,6-7,11-16,18-20H2,1-5H3;1H. The van der Waals surface area contributed by atoms with Crippen molar-refractivity contribution < 1.29 is 4.74 Å². The van der Waals surface area contributed by atoms with Crippen molar-refractivity contribution in [2.24, 2.45) is 10.8 Å². The van der Waals surface area contributed by atoms with Gasteiger partial charge >= 0.3 is 0 Å². The van der Waals surface area contributed by atoms with Gasteiger partial charge in [0.15, 0.2) is 6.61 Å². The molecule has 2 fully saturated rings. The minimum atomic E-state index is 0. The third kappa shape index (κ3) is 7.02. The first-order chi connectivity index (χ1) is 14.2. The molecule has 174 valence electrons. The van der Waals surface area contributed by atoms with Gasteiger partial charge in [-0.1, -0.05) is 47.1 Å². The number of benzene rings is 1. The van der Waals surface area contributed by atoms with E-state index in [0.717, 1.165) is 31.9 Å². The minimum Gasteiger partial charge on any atom is -0.479 e. The van der Waals surface area contributed by atoms with E-state index in [2.05, 4.69) is 68.7 Å². The summed E-state index contributed by atoms with van der Waals surface area (Å²) < 4.78 is 5.69. The molecule has 5 heteroatoms. The first-order valence-electron chi connectivity index (χ1n) is 11.8. The van der Waals surface area contributed by atoms with Crippen LogP contribution < -0.4 is 9.64 Å². The Morgan fingerprint density at radius 1 is 1.06 bits per heavy atom. The molecule has 4 nitrogen and oxygen atoms in total. The monoisotopic (exact) mass is 447 g/mol. The van der Waals surface area contributed by atoms with Gasteiger partial charge in [0.2, 0.25) is 0 Å². The fourth-order valence-corrected chi connectivity index (χ4v) is 6.01. The summed E-state index contributed by atoms with van der Waals surface area (Å²) in [5, 5.41) is 8.93. The highest BCUT2D eigenvalue weighted by Gasteiger charge is 2.40. The maximum atomic E-state index is 8.93. The van der Waals surface area contributed by atoms with Crippen LogP contribution in [0.25, 0.3) is 0 Å². The third-order valence-electron chi connectivity index (χ3n) is 6.84. The number of piperazine rings is 1. The smallest absolute Gasteiger partial charge is 0.174 e. The van der Waals surface area contributed by atoms with Crippen LogP contribution in [0, 0.1) is 22.2 Å². The van der Waals surface area contributed by atoms with Gasteiger partial charge in [0.1, 0.15) is 11.8 Å². The summed E-state index contributed by atoms with van der Waals surface area (Å²) in [6, 6.07) is 8.65. The van der Waals surface area contributed by atoms with Crippen LogP contribution in [0.2, 0.25) is 0 Å². The number of anilines is 1. The van der Waals surface area contributed by atoms with Crippen LogP contribution in [0.3, 0.4) is 0 Å². The topological polar surface area (TPSA) is 39.5 Å². The van der Waals surface area contributed by atoms with Crippen LogP contribution in [0.1, 0.15) is 78.2 Å². The Balaban J connectivity index is 0.00000341. The van der Waals surface area contributed by atoms with Crippen molar-refractivity contribution in [2.75, 3.05) is 44.2 Å². The summed E-state index contributed by atoms with van der Waals surface area (Å²) >= 11 is 0. The summed E-state index contributed by atoms with van der Waals surface area (Å²) in [7, 11) is 0. The lowest BCUT2D eigenvalue weighted by molar-refractivity contribution is 0.0969. The maximum Gasteiger partial charge on any atom is 0.174 e. The van der Waals surface area contributed by atoms with Gasteiger partial charge in [0.05, 0.1) is 0 Å². The summed E-state index contributed by atoms with van der Waals surface area (Å²) in [6.07, 6.45) is 6.30. The summed E-state index contributed by atoms with van der Waals surface area (Å²) in [5.41, 5.74) is 3.53. The summed E-state index contributed by atoms with van der Waals surface area (Å²) in [5.74, 6) is 1.39. The van der Waals surface area contributed by atoms with Crippen LogP contribution in [0.5, 0.6) is 5.75 Å². The van der Waals surface area contributed by atoms with Crippen molar-refractivity contribution in [3.63, 3.8) is 0 Å². The Labute approximate surface area is 196 Å². The quantitative estimate of drug-likeness (QED) is 0.495. The number of hydrogen-bond acceptors (Lipinski definition) is 4. The van der Waals surface area contributed by atoms with Crippen molar-refractivity contribution in [2.45, 2.75) is 72.6 Å². The Kier molecular flexibility index (Phi) is 9.10. The molecule has 1 aromatic rings. The highest BCUT2D eigenvalue weighted by Crippen LogP contribution is 2.53. The average Bonchev–Trinajstić information content (AvgIpc) is 2.68. The third-order valence-corrected chi connectivity index (χ3v) is 6.84. The molecule has 0 radical (unpaired) electrons. The molecule has 1 aromatic carbocycles. The first-order valence-corrected chi connectivity index (χ1v) is 11.8. The fraction of sp³-hybridized carbons (Fsp3) is 0.731. The van der Waals surface area contributed by atoms with Gasteiger partial charge in [-0.05, 0) is 60.6 Å². The van der Waals surface area contributed by atoms with Crippen molar-refractivity contribution in [1.29, 1.82) is 5.26 Å². The van der Waals surface area contributed by atoms with E-state index in [0.29, 0.717) is 16.7 Å². The second kappa shape index (κ2) is 10.9. The molecule has 0 atom stereocenters. The van der Waals surface area contributed by atoms with Crippen LogP contribution in [-0.4, -0.2) is 44.2 Å². The first kappa shape index (κ1) is 25.8. The molecule has 0 spiro atoms. The molecule has 0 aromatic heterocycles. The molecule has 2 aliphatic rings. The number of halogens is 1. The minimum absolute atomic E-state index is 0. The Morgan fingerprint density at radius 3 is 2.29 bits per heavy atom. The predicted octanol–water partition coefficient (Wildman–Crippen LogP) is 6.25. The molecule has 31 heavy (non-hydrogen) atoms. The van der Waals surface area contributed by atoms with Crippen LogP contribution in [-0.2, 0) is 0 Å². The number of nitrogens with zero attached hydrogens (tertiary/aromatic N) is 3. The molecule has 1 aliphatic carbocycles. The van der Waals surface area contributed by atoms with E-state index in [9.17, 15) is 0 Å². The van der Waals surface area contributed by atoms with E-state index in [4.69, 9.17) is 10.00 Å². The van der Waals surface area contributed by atoms with E-state index in [1.54, 1.807) is 0 Å². The molecule has 0 bridgehead atoms. The number of rotatable bonds is 7. The zero-order valence-corrected chi connectivity index (χ0v) is 21.1. The maximum absolute atomic E-state index is 8.93. The van der Waals surface area contributed by atoms with Crippen molar-refractivity contribution in [3.05, 3.63) is 23.8 Å². The summed E-state index contributed by atoms with van der Waals surface area (Å²) in [4.78, 5) is 5.16. The lowest BCUT2D eigenvalue weighted by Crippen LogP contribution is -2.47. The molecule has 1 saturated heterocycles. The lowest BCUT2D eigenvalue weighted by Gasteiger charge is -2.46. The summed E-state index contributed by atoms with van der Waals surface area (Å²) in [6.45, 7) is 17.7. The van der Waals surface area contributed by atoms with Gasteiger partial charge in [0, 0.05) is 37.9 Å². The SMILES string of the molecule is CCCCN1CCN(c2cc(OCC#N)ccc2C2CC(C)(C)CC(C)(C)C2)CC1.Cl. The molecule has 1 saturated carbocycles. The van der Waals surface area contributed by atoms with Crippen LogP contribution >= 0.6 is 12.4 Å². The lowest BCUT2D eigenvalue weighted by atomic mass is 9.60. The zero-order chi connectivity index (χ0) is 21.8. The Hall–Kier alpha value is -1.44. The number of nitriles is 1. The van der Waals surface area contributed by atoms with Crippen LogP contribution in [0.15, 0.2) is 18.2 Å². The van der Waals surface area contributed by atoms with E-state index < -0.39 is 0 Å².